The molecule has 1 fully saturated rings. The number of nitrogens with one attached hydrogen (secondary N) is 2. The number of primary amides is 1. The molecule has 1 aliphatic rings. The first kappa shape index (κ1) is 12.3. The van der Waals surface area contributed by atoms with Crippen LogP contribution in [0.5, 0.6) is 0 Å². The second-order valence-corrected chi connectivity index (χ2v) is 4.90. The van der Waals surface area contributed by atoms with E-state index < -0.39 is 17.3 Å². The van der Waals surface area contributed by atoms with Crippen LogP contribution in [-0.2, 0) is 15.3 Å². The molecule has 0 radical (unpaired) electrons. The highest BCUT2D eigenvalue weighted by atomic mass is 35.5. The van der Waals surface area contributed by atoms with E-state index in [4.69, 9.17) is 22.2 Å². The topological polar surface area (TPSA) is 76.4 Å². The molecule has 0 bridgehead atoms. The van der Waals surface area contributed by atoms with Gasteiger partial charge in [-0.15, -0.1) is 0 Å². The van der Waals surface area contributed by atoms with E-state index >= 15 is 0 Å². The van der Waals surface area contributed by atoms with Crippen LogP contribution in [-0.4, -0.2) is 11.6 Å². The Morgan fingerprint density at radius 2 is 1.94 bits per heavy atom. The molecular weight excluding hydrogens is 242 g/mol. The average molecular weight is 256 g/mol. The zero-order valence-corrected chi connectivity index (χ0v) is 10.3. The Hall–Kier alpha value is -1.14. The van der Waals surface area contributed by atoms with Crippen LogP contribution in [0.25, 0.3) is 0 Å². The van der Waals surface area contributed by atoms with Gasteiger partial charge in [-0.2, -0.15) is 5.48 Å². The van der Waals surface area contributed by atoms with Crippen molar-refractivity contribution in [3.05, 3.63) is 34.9 Å². The van der Waals surface area contributed by atoms with Gasteiger partial charge in [0.05, 0.1) is 0 Å². The first-order valence-electron chi connectivity index (χ1n) is 5.16. The number of rotatable bonds is 2. The van der Waals surface area contributed by atoms with Gasteiger partial charge in [-0.3, -0.25) is 14.9 Å². The fraction of sp³-hybridized carbons (Fsp3) is 0.364. The zero-order chi connectivity index (χ0) is 12.7. The number of benzene rings is 1. The standard InChI is InChI=1S/C11H14ClN3O2/c1-10(2)14-11(9(13)16,15-17-10)7-3-5-8(12)6-4-7/h3-6,14-15H,1-2H3,(H2,13,16). The van der Waals surface area contributed by atoms with Crippen molar-refractivity contribution in [2.24, 2.45) is 5.73 Å². The maximum Gasteiger partial charge on any atom is 0.259 e. The van der Waals surface area contributed by atoms with E-state index in [0.29, 0.717) is 10.6 Å². The van der Waals surface area contributed by atoms with Gasteiger partial charge in [-0.25, -0.2) is 0 Å². The van der Waals surface area contributed by atoms with E-state index in [1.165, 1.54) is 0 Å². The van der Waals surface area contributed by atoms with Crippen molar-refractivity contribution in [1.29, 1.82) is 0 Å². The summed E-state index contributed by atoms with van der Waals surface area (Å²) in [6, 6.07) is 6.82. The molecule has 1 amide bonds. The molecule has 6 heteroatoms. The second kappa shape index (κ2) is 3.96. The second-order valence-electron chi connectivity index (χ2n) is 4.46. The Kier molecular flexibility index (Phi) is 2.87. The Labute approximate surface area is 104 Å². The van der Waals surface area contributed by atoms with Crippen LogP contribution in [0.3, 0.4) is 0 Å². The molecular formula is C11H14ClN3O2. The predicted molar refractivity (Wildman–Crippen MR) is 63.8 cm³/mol. The number of amides is 1. The lowest BCUT2D eigenvalue weighted by molar-refractivity contribution is -0.127. The highest BCUT2D eigenvalue weighted by Gasteiger charge is 2.49. The van der Waals surface area contributed by atoms with Gasteiger partial charge in [0.2, 0.25) is 0 Å². The molecule has 1 atom stereocenters. The van der Waals surface area contributed by atoms with Gasteiger partial charge in [0, 0.05) is 5.02 Å². The Morgan fingerprint density at radius 3 is 2.35 bits per heavy atom. The summed E-state index contributed by atoms with van der Waals surface area (Å²) in [5.74, 6) is -0.564. The van der Waals surface area contributed by atoms with E-state index in [2.05, 4.69) is 10.8 Å². The van der Waals surface area contributed by atoms with Crippen molar-refractivity contribution in [1.82, 2.24) is 10.8 Å². The van der Waals surface area contributed by atoms with E-state index in [-0.39, 0.29) is 0 Å². The number of halogens is 1. The molecule has 4 N–H and O–H groups in total. The Balaban J connectivity index is 2.43. The normalized spacial score (nSPS) is 27.0. The SMILES string of the molecule is CC1(C)NC(C(N)=O)(c2ccc(Cl)cc2)NO1. The minimum Gasteiger partial charge on any atom is -0.366 e. The van der Waals surface area contributed by atoms with E-state index in [1.54, 1.807) is 38.1 Å². The minimum atomic E-state index is -1.23. The molecule has 0 aromatic heterocycles. The molecule has 1 unspecified atom stereocenters. The molecule has 5 nitrogen and oxygen atoms in total. The summed E-state index contributed by atoms with van der Waals surface area (Å²) >= 11 is 5.81. The highest BCUT2D eigenvalue weighted by molar-refractivity contribution is 6.30. The number of hydroxylamine groups is 1. The van der Waals surface area contributed by atoms with Gasteiger partial charge < -0.3 is 5.73 Å². The third-order valence-corrected chi connectivity index (χ3v) is 2.85. The largest absolute Gasteiger partial charge is 0.366 e. The summed E-state index contributed by atoms with van der Waals surface area (Å²) in [6.07, 6.45) is 0. The Morgan fingerprint density at radius 1 is 1.35 bits per heavy atom. The summed E-state index contributed by atoms with van der Waals surface area (Å²) in [5, 5.41) is 3.62. The monoisotopic (exact) mass is 255 g/mol. The zero-order valence-electron chi connectivity index (χ0n) is 9.58. The van der Waals surface area contributed by atoms with Crippen LogP contribution in [0.1, 0.15) is 19.4 Å². The number of hydrogen-bond acceptors (Lipinski definition) is 4. The van der Waals surface area contributed by atoms with Crippen molar-refractivity contribution < 1.29 is 9.63 Å². The summed E-state index contributed by atoms with van der Waals surface area (Å²) in [4.78, 5) is 17.0. The van der Waals surface area contributed by atoms with Crippen LogP contribution < -0.4 is 16.5 Å². The molecule has 1 aromatic rings. The third kappa shape index (κ3) is 2.14. The van der Waals surface area contributed by atoms with E-state index in [9.17, 15) is 4.79 Å². The van der Waals surface area contributed by atoms with Crippen LogP contribution in [0.2, 0.25) is 5.02 Å². The maximum absolute atomic E-state index is 11.7. The number of carbonyl (C=O) groups is 1. The molecule has 0 saturated carbocycles. The lowest BCUT2D eigenvalue weighted by Crippen LogP contribution is -2.58. The summed E-state index contributed by atoms with van der Waals surface area (Å²) < 4.78 is 0. The third-order valence-electron chi connectivity index (χ3n) is 2.59. The fourth-order valence-electron chi connectivity index (χ4n) is 1.79. The molecule has 1 saturated heterocycles. The molecule has 0 aliphatic carbocycles. The number of nitrogens with two attached hydrogens (primary N) is 1. The van der Waals surface area contributed by atoms with Crippen LogP contribution in [0, 0.1) is 0 Å². The molecule has 2 rings (SSSR count). The van der Waals surface area contributed by atoms with Gasteiger partial charge in [0.25, 0.3) is 5.91 Å². The van der Waals surface area contributed by atoms with Crippen molar-refractivity contribution in [2.75, 3.05) is 0 Å². The molecule has 17 heavy (non-hydrogen) atoms. The van der Waals surface area contributed by atoms with Crippen molar-refractivity contribution >= 4 is 17.5 Å². The van der Waals surface area contributed by atoms with Gasteiger partial charge in [0.15, 0.2) is 5.66 Å². The predicted octanol–water partition coefficient (Wildman–Crippen LogP) is 0.839. The number of carbonyl (C=O) groups excluding carboxylic acids is 1. The molecule has 92 valence electrons. The average Bonchev–Trinajstić information content (AvgIpc) is 2.57. The van der Waals surface area contributed by atoms with Crippen molar-refractivity contribution in [3.8, 4) is 0 Å². The van der Waals surface area contributed by atoms with Crippen LogP contribution in [0.4, 0.5) is 0 Å². The summed E-state index contributed by atoms with van der Waals surface area (Å²) in [7, 11) is 0. The van der Waals surface area contributed by atoms with Crippen molar-refractivity contribution in [3.63, 3.8) is 0 Å². The van der Waals surface area contributed by atoms with E-state index in [0.717, 1.165) is 0 Å². The summed E-state index contributed by atoms with van der Waals surface area (Å²) in [5.41, 5.74) is 6.85. The van der Waals surface area contributed by atoms with Gasteiger partial charge in [-0.05, 0) is 31.5 Å². The lowest BCUT2D eigenvalue weighted by Gasteiger charge is -2.26. The molecule has 1 aromatic carbocycles. The smallest absolute Gasteiger partial charge is 0.259 e. The molecule has 1 aliphatic heterocycles. The maximum atomic E-state index is 11.7. The van der Waals surface area contributed by atoms with E-state index in [1.807, 2.05) is 0 Å². The van der Waals surface area contributed by atoms with Gasteiger partial charge in [0.1, 0.15) is 5.72 Å². The van der Waals surface area contributed by atoms with Gasteiger partial charge in [-0.1, -0.05) is 23.7 Å². The van der Waals surface area contributed by atoms with Crippen LogP contribution in [0.15, 0.2) is 24.3 Å². The first-order valence-corrected chi connectivity index (χ1v) is 5.54. The molecule has 0 spiro atoms. The Bertz CT molecular complexity index is 447. The first-order chi connectivity index (χ1) is 7.86. The molecule has 1 heterocycles. The van der Waals surface area contributed by atoms with Gasteiger partial charge >= 0.3 is 0 Å². The fourth-order valence-corrected chi connectivity index (χ4v) is 1.92. The van der Waals surface area contributed by atoms with Crippen LogP contribution >= 0.6 is 11.6 Å². The minimum absolute atomic E-state index is 0.564. The lowest BCUT2D eigenvalue weighted by atomic mass is 9.98. The summed E-state index contributed by atoms with van der Waals surface area (Å²) in [6.45, 7) is 3.58. The highest BCUT2D eigenvalue weighted by Crippen LogP contribution is 2.28. The quantitative estimate of drug-likeness (QED) is 0.732. The number of hydrogen-bond donors (Lipinski definition) is 3. The van der Waals surface area contributed by atoms with Crippen molar-refractivity contribution in [2.45, 2.75) is 25.2 Å².